The molecule has 0 heterocycles. The molecule has 4 heteroatoms. The molecule has 0 amide bonds. The molecule has 2 atom stereocenters. The van der Waals surface area contributed by atoms with Crippen molar-refractivity contribution in [2.45, 2.75) is 25.7 Å². The van der Waals surface area contributed by atoms with Crippen LogP contribution in [0, 0.1) is 11.8 Å². The minimum atomic E-state index is -0.540. The van der Waals surface area contributed by atoms with Gasteiger partial charge in [0.1, 0.15) is 0 Å². The molecule has 0 N–H and O–H groups in total. The average molecular weight is 276 g/mol. The smallest absolute Gasteiger partial charge is 0.334 e. The van der Waals surface area contributed by atoms with E-state index >= 15 is 0 Å². The van der Waals surface area contributed by atoms with E-state index in [4.69, 9.17) is 4.74 Å². The Kier molecular flexibility index (Phi) is 4.42. The molecule has 3 rings (SSSR count). The van der Waals surface area contributed by atoms with E-state index in [1.807, 2.05) is 0 Å². The van der Waals surface area contributed by atoms with Crippen molar-refractivity contribution in [3.63, 3.8) is 0 Å². The monoisotopic (exact) mass is 276 g/mol. The molecule has 0 aromatic carbocycles. The van der Waals surface area contributed by atoms with Crippen LogP contribution >= 0.6 is 0 Å². The fraction of sp³-hybridized carbons (Fsp3) is 0.500. The predicted octanol–water partition coefficient (Wildman–Crippen LogP) is 2.56. The van der Waals surface area contributed by atoms with Crippen LogP contribution in [-0.2, 0) is 19.1 Å². The summed E-state index contributed by atoms with van der Waals surface area (Å²) in [5.74, 6) is -0.0749. The molecule has 0 aromatic rings. The van der Waals surface area contributed by atoms with Crippen molar-refractivity contribution < 1.29 is 19.1 Å². The van der Waals surface area contributed by atoms with Gasteiger partial charge >= 0.3 is 11.9 Å². The molecule has 3 fully saturated rings. The summed E-state index contributed by atoms with van der Waals surface area (Å²) in [6.45, 7) is 4.11. The number of hydrogen-bond acceptors (Lipinski definition) is 4. The lowest BCUT2D eigenvalue weighted by Crippen LogP contribution is -2.35. The number of methoxy groups -OCH3 is 2. The Labute approximate surface area is 119 Å². The normalized spacial score (nSPS) is 24.8. The highest BCUT2D eigenvalue weighted by atomic mass is 16.5. The predicted molar refractivity (Wildman–Crippen MR) is 74.8 cm³/mol. The van der Waals surface area contributed by atoms with Crippen molar-refractivity contribution in [2.75, 3.05) is 14.2 Å². The molecule has 0 spiro atoms. The Bertz CT molecular complexity index is 483. The first-order valence-electron chi connectivity index (χ1n) is 6.84. The SMILES string of the molecule is C=C1C2CCCC1C2=CC/C(=C/C(=O)OC)C(=O)OC. The van der Waals surface area contributed by atoms with Gasteiger partial charge in [0, 0.05) is 23.5 Å². The Morgan fingerprint density at radius 2 is 1.90 bits per heavy atom. The standard InChI is InChI=1S/C16H20O4/c1-10-12-5-4-6-13(10)14(12)8-7-11(16(18)20-3)9-15(17)19-2/h8-9,12-13H,1,4-7H2,2-3H3/b11-9-,14-8?. The van der Waals surface area contributed by atoms with Gasteiger partial charge in [0.25, 0.3) is 0 Å². The van der Waals surface area contributed by atoms with Crippen molar-refractivity contribution in [3.8, 4) is 0 Å². The number of allylic oxidation sites excluding steroid dienone is 3. The Morgan fingerprint density at radius 3 is 2.40 bits per heavy atom. The number of fused-ring (bicyclic) bond motifs is 2. The first-order valence-corrected chi connectivity index (χ1v) is 6.84. The van der Waals surface area contributed by atoms with Crippen molar-refractivity contribution in [3.05, 3.63) is 35.5 Å². The van der Waals surface area contributed by atoms with Crippen LogP contribution in [0.4, 0.5) is 0 Å². The van der Waals surface area contributed by atoms with Crippen LogP contribution in [0.15, 0.2) is 35.5 Å². The van der Waals surface area contributed by atoms with Crippen LogP contribution < -0.4 is 0 Å². The summed E-state index contributed by atoms with van der Waals surface area (Å²) in [4.78, 5) is 22.9. The number of esters is 2. The quantitative estimate of drug-likeness (QED) is 0.450. The van der Waals surface area contributed by atoms with Crippen LogP contribution in [-0.4, -0.2) is 26.2 Å². The summed E-state index contributed by atoms with van der Waals surface area (Å²) in [5.41, 5.74) is 3.00. The van der Waals surface area contributed by atoms with E-state index < -0.39 is 11.9 Å². The zero-order chi connectivity index (χ0) is 14.7. The molecule has 3 aliphatic carbocycles. The second-order valence-corrected chi connectivity index (χ2v) is 5.20. The Balaban J connectivity index is 2.10. The highest BCUT2D eigenvalue weighted by molar-refractivity contribution is 5.96. The lowest BCUT2D eigenvalue weighted by molar-refractivity contribution is -0.138. The maximum absolute atomic E-state index is 11.6. The second-order valence-electron chi connectivity index (χ2n) is 5.20. The van der Waals surface area contributed by atoms with Crippen molar-refractivity contribution >= 4 is 11.9 Å². The van der Waals surface area contributed by atoms with Gasteiger partial charge in [-0.3, -0.25) is 0 Å². The molecule has 20 heavy (non-hydrogen) atoms. The van der Waals surface area contributed by atoms with Crippen LogP contribution in [0.5, 0.6) is 0 Å². The molecule has 108 valence electrons. The summed E-state index contributed by atoms with van der Waals surface area (Å²) in [6.07, 6.45) is 7.19. The van der Waals surface area contributed by atoms with Crippen LogP contribution in [0.2, 0.25) is 0 Å². The molecule has 3 saturated carbocycles. The number of ether oxygens (including phenoxy) is 2. The maximum atomic E-state index is 11.6. The summed E-state index contributed by atoms with van der Waals surface area (Å²) < 4.78 is 9.25. The van der Waals surface area contributed by atoms with Crippen LogP contribution in [0.25, 0.3) is 0 Å². The third-order valence-electron chi connectivity index (χ3n) is 4.18. The first kappa shape index (κ1) is 14.6. The van der Waals surface area contributed by atoms with E-state index in [9.17, 15) is 9.59 Å². The zero-order valence-corrected chi connectivity index (χ0v) is 12.0. The number of carbonyl (C=O) groups excluding carboxylic acids is 2. The maximum Gasteiger partial charge on any atom is 0.334 e. The van der Waals surface area contributed by atoms with E-state index in [-0.39, 0.29) is 0 Å². The molecule has 3 aliphatic rings. The van der Waals surface area contributed by atoms with Gasteiger partial charge in [-0.25, -0.2) is 9.59 Å². The van der Waals surface area contributed by atoms with Gasteiger partial charge in [-0.05, 0) is 19.3 Å². The molecule has 0 saturated heterocycles. The summed E-state index contributed by atoms with van der Waals surface area (Å²) in [5, 5.41) is 0. The van der Waals surface area contributed by atoms with Gasteiger partial charge in [0.05, 0.1) is 14.2 Å². The molecule has 2 bridgehead atoms. The van der Waals surface area contributed by atoms with Gasteiger partial charge < -0.3 is 9.47 Å². The minimum Gasteiger partial charge on any atom is -0.466 e. The highest BCUT2D eigenvalue weighted by Crippen LogP contribution is 2.53. The summed E-state index contributed by atoms with van der Waals surface area (Å²) in [7, 11) is 2.59. The van der Waals surface area contributed by atoms with Crippen molar-refractivity contribution in [1.82, 2.24) is 0 Å². The molecule has 4 nitrogen and oxygen atoms in total. The third kappa shape index (κ3) is 2.69. The number of rotatable bonds is 4. The lowest BCUT2D eigenvalue weighted by Gasteiger charge is -2.47. The van der Waals surface area contributed by atoms with E-state index in [1.54, 1.807) is 0 Å². The number of carbonyl (C=O) groups is 2. The van der Waals surface area contributed by atoms with Gasteiger partial charge in [0.2, 0.25) is 0 Å². The average Bonchev–Trinajstić information content (AvgIpc) is 2.49. The molecule has 0 aromatic heterocycles. The van der Waals surface area contributed by atoms with Crippen LogP contribution in [0.3, 0.4) is 0 Å². The van der Waals surface area contributed by atoms with Crippen molar-refractivity contribution in [1.29, 1.82) is 0 Å². The zero-order valence-electron chi connectivity index (χ0n) is 12.0. The largest absolute Gasteiger partial charge is 0.466 e. The van der Waals surface area contributed by atoms with E-state index in [2.05, 4.69) is 17.4 Å². The van der Waals surface area contributed by atoms with E-state index in [0.29, 0.717) is 23.8 Å². The summed E-state index contributed by atoms with van der Waals surface area (Å²) >= 11 is 0. The van der Waals surface area contributed by atoms with E-state index in [1.165, 1.54) is 37.9 Å². The van der Waals surface area contributed by atoms with Crippen LogP contribution in [0.1, 0.15) is 25.7 Å². The van der Waals surface area contributed by atoms with Gasteiger partial charge in [0.15, 0.2) is 0 Å². The fourth-order valence-electron chi connectivity index (χ4n) is 3.09. The Morgan fingerprint density at radius 1 is 1.25 bits per heavy atom. The molecule has 0 radical (unpaired) electrons. The molecule has 2 unspecified atom stereocenters. The topological polar surface area (TPSA) is 52.6 Å². The minimum absolute atomic E-state index is 0.322. The molecular formula is C16H20O4. The molecular weight excluding hydrogens is 256 g/mol. The second kappa shape index (κ2) is 6.07. The van der Waals surface area contributed by atoms with Crippen molar-refractivity contribution in [2.24, 2.45) is 11.8 Å². The first-order chi connectivity index (χ1) is 9.58. The fourth-order valence-corrected chi connectivity index (χ4v) is 3.09. The summed E-state index contributed by atoms with van der Waals surface area (Å²) in [6, 6.07) is 0. The van der Waals surface area contributed by atoms with Gasteiger partial charge in [-0.15, -0.1) is 0 Å². The van der Waals surface area contributed by atoms with Gasteiger partial charge in [-0.1, -0.05) is 30.2 Å². The van der Waals surface area contributed by atoms with Gasteiger partial charge in [-0.2, -0.15) is 0 Å². The Hall–Kier alpha value is -1.84. The lowest BCUT2D eigenvalue weighted by atomic mass is 9.58. The molecule has 0 aliphatic heterocycles. The third-order valence-corrected chi connectivity index (χ3v) is 4.18. The van der Waals surface area contributed by atoms with E-state index in [0.717, 1.165) is 12.8 Å². The number of hydrogen-bond donors (Lipinski definition) is 0. The highest BCUT2D eigenvalue weighted by Gasteiger charge is 2.41.